The number of rotatable bonds is 9. The van der Waals surface area contributed by atoms with Crippen LogP contribution in [0.15, 0.2) is 65.6 Å². The number of amides is 1. The van der Waals surface area contributed by atoms with Crippen LogP contribution in [0.1, 0.15) is 24.1 Å². The number of ether oxygens (including phenoxy) is 1. The highest BCUT2D eigenvalue weighted by atomic mass is 35.5. The van der Waals surface area contributed by atoms with Crippen LogP contribution in [0.25, 0.3) is 33.2 Å². The molecule has 0 radical (unpaired) electrons. The third-order valence-corrected chi connectivity index (χ3v) is 8.77. The highest BCUT2D eigenvalue weighted by Gasteiger charge is 2.34. The van der Waals surface area contributed by atoms with Gasteiger partial charge in [0.1, 0.15) is 11.5 Å². The Kier molecular flexibility index (Phi) is 9.28. The van der Waals surface area contributed by atoms with Crippen molar-refractivity contribution in [1.82, 2.24) is 30.4 Å². The zero-order valence-corrected chi connectivity index (χ0v) is 27.1. The summed E-state index contributed by atoms with van der Waals surface area (Å²) in [5.74, 6) is 0.143. The van der Waals surface area contributed by atoms with Crippen molar-refractivity contribution >= 4 is 51.4 Å². The number of alkyl halides is 3. The Bertz CT molecular complexity index is 2110. The van der Waals surface area contributed by atoms with Crippen molar-refractivity contribution in [1.29, 1.82) is 0 Å². The fraction of sp³-hybridized carbons (Fsp3) is 0.242. The number of pyridine rings is 2. The van der Waals surface area contributed by atoms with E-state index in [1.807, 2.05) is 12.1 Å². The average molecular weight is 699 g/mol. The summed E-state index contributed by atoms with van der Waals surface area (Å²) in [6.45, 7) is 1.09. The molecular formula is C33H28Cl2F3N7O3. The van der Waals surface area contributed by atoms with Crippen molar-refractivity contribution in [3.8, 4) is 28.3 Å². The largest absolute Gasteiger partial charge is 0.481 e. The number of aryl methyl sites for hydroxylation is 1. The molecule has 48 heavy (non-hydrogen) atoms. The first-order valence-corrected chi connectivity index (χ1v) is 15.5. The molecule has 6 rings (SSSR count). The lowest BCUT2D eigenvalue weighted by Crippen LogP contribution is -2.35. The fourth-order valence-electron chi connectivity index (χ4n) is 5.53. The SMILES string of the molecule is COc1nc(-c2cccc(-c3cccc(Nc4nc(C(F)(F)F)cc5cnn(C)c(=O)c45)c3Cl)c2Cl)ccc1CNC[C@H]1CCC(=O)N1. The Balaban J connectivity index is 1.32. The van der Waals surface area contributed by atoms with Gasteiger partial charge in [-0.1, -0.05) is 59.6 Å². The first-order valence-electron chi connectivity index (χ1n) is 14.8. The Labute approximate surface area is 282 Å². The van der Waals surface area contributed by atoms with E-state index >= 15 is 0 Å². The first kappa shape index (κ1) is 33.2. The van der Waals surface area contributed by atoms with Gasteiger partial charge in [-0.25, -0.2) is 14.6 Å². The summed E-state index contributed by atoms with van der Waals surface area (Å²) in [4.78, 5) is 32.8. The number of aromatic nitrogens is 4. The number of anilines is 2. The van der Waals surface area contributed by atoms with E-state index in [-0.39, 0.29) is 39.2 Å². The summed E-state index contributed by atoms with van der Waals surface area (Å²) in [5.41, 5.74) is 1.35. The molecule has 4 heterocycles. The molecular weight excluding hydrogens is 670 g/mol. The minimum atomic E-state index is -4.77. The molecule has 0 aliphatic carbocycles. The number of hydrogen-bond acceptors (Lipinski definition) is 8. The topological polar surface area (TPSA) is 123 Å². The summed E-state index contributed by atoms with van der Waals surface area (Å²) in [6, 6.07) is 14.8. The second-order valence-electron chi connectivity index (χ2n) is 11.1. The van der Waals surface area contributed by atoms with Crippen LogP contribution in [0.4, 0.5) is 24.7 Å². The summed E-state index contributed by atoms with van der Waals surface area (Å²) >= 11 is 13.8. The van der Waals surface area contributed by atoms with Gasteiger partial charge >= 0.3 is 6.18 Å². The van der Waals surface area contributed by atoms with Gasteiger partial charge in [-0.15, -0.1) is 0 Å². The fourth-order valence-corrected chi connectivity index (χ4v) is 6.13. The molecule has 1 fully saturated rings. The summed E-state index contributed by atoms with van der Waals surface area (Å²) in [5, 5.41) is 13.3. The highest BCUT2D eigenvalue weighted by molar-refractivity contribution is 6.39. The molecule has 0 saturated carbocycles. The van der Waals surface area contributed by atoms with E-state index in [2.05, 4.69) is 31.0 Å². The molecule has 1 saturated heterocycles. The Morgan fingerprint density at radius 3 is 2.46 bits per heavy atom. The zero-order chi connectivity index (χ0) is 34.2. The second-order valence-corrected chi connectivity index (χ2v) is 11.9. The maximum absolute atomic E-state index is 13.7. The monoisotopic (exact) mass is 697 g/mol. The lowest BCUT2D eigenvalue weighted by atomic mass is 10.00. The van der Waals surface area contributed by atoms with Crippen molar-refractivity contribution < 1.29 is 22.7 Å². The van der Waals surface area contributed by atoms with Crippen LogP contribution in [0.3, 0.4) is 0 Å². The van der Waals surface area contributed by atoms with Gasteiger partial charge in [-0.05, 0) is 24.6 Å². The lowest BCUT2D eigenvalue weighted by molar-refractivity contribution is -0.141. The lowest BCUT2D eigenvalue weighted by Gasteiger charge is -2.17. The standard InChI is InChI=1S/C33H28Cl2F3N7O3/c1-45-32(47)27-18(15-40-45)13-25(33(36,37)38)44-30(27)42-24-8-4-6-21(29(24)35)20-5-3-7-22(28(20)34)23-11-9-17(31(43-23)48-2)14-39-16-19-10-12-26(46)41-19/h3-9,11,13,15,19,39H,10,12,14,16H2,1-2H3,(H,41,46)(H,42,44)/t19-/m1/s1. The molecule has 1 aliphatic rings. The third kappa shape index (κ3) is 6.66. The van der Waals surface area contributed by atoms with Crippen LogP contribution < -0.4 is 26.2 Å². The second kappa shape index (κ2) is 13.4. The van der Waals surface area contributed by atoms with E-state index in [9.17, 15) is 22.8 Å². The van der Waals surface area contributed by atoms with Crippen LogP contribution in [0.5, 0.6) is 5.88 Å². The minimum Gasteiger partial charge on any atom is -0.481 e. The molecule has 3 aromatic heterocycles. The molecule has 0 bridgehead atoms. The van der Waals surface area contributed by atoms with Crippen molar-refractivity contribution in [2.45, 2.75) is 31.6 Å². The van der Waals surface area contributed by atoms with Gasteiger partial charge in [-0.3, -0.25) is 9.59 Å². The average Bonchev–Trinajstić information content (AvgIpc) is 3.48. The number of hydrogen-bond donors (Lipinski definition) is 3. The Hall–Kier alpha value is -4.72. The van der Waals surface area contributed by atoms with Gasteiger partial charge in [0, 0.05) is 60.2 Å². The van der Waals surface area contributed by atoms with Crippen molar-refractivity contribution in [3.05, 3.63) is 92.5 Å². The number of fused-ring (bicyclic) bond motifs is 1. The normalized spacial score (nSPS) is 14.7. The van der Waals surface area contributed by atoms with E-state index in [1.165, 1.54) is 20.4 Å². The number of halogens is 5. The molecule has 5 aromatic rings. The quantitative estimate of drug-likeness (QED) is 0.160. The maximum atomic E-state index is 13.7. The number of carbonyl (C=O) groups excluding carboxylic acids is 1. The van der Waals surface area contributed by atoms with Gasteiger partial charge in [0.15, 0.2) is 0 Å². The molecule has 1 aliphatic heterocycles. The van der Waals surface area contributed by atoms with E-state index in [4.69, 9.17) is 27.9 Å². The molecule has 1 amide bonds. The van der Waals surface area contributed by atoms with Gasteiger partial charge in [0.25, 0.3) is 5.56 Å². The summed E-state index contributed by atoms with van der Waals surface area (Å²) in [6.07, 6.45) is -2.29. The molecule has 248 valence electrons. The Morgan fingerprint density at radius 1 is 1.02 bits per heavy atom. The molecule has 10 nitrogen and oxygen atoms in total. The summed E-state index contributed by atoms with van der Waals surface area (Å²) < 4.78 is 47.8. The molecule has 3 N–H and O–H groups in total. The minimum absolute atomic E-state index is 0.0296. The molecule has 1 atom stereocenters. The van der Waals surface area contributed by atoms with Crippen LogP contribution in [-0.2, 0) is 24.6 Å². The summed E-state index contributed by atoms with van der Waals surface area (Å²) in [7, 11) is 2.91. The van der Waals surface area contributed by atoms with Crippen molar-refractivity contribution in [3.63, 3.8) is 0 Å². The number of nitrogens with one attached hydrogen (secondary N) is 3. The van der Waals surface area contributed by atoms with Crippen molar-refractivity contribution in [2.24, 2.45) is 7.05 Å². The predicted molar refractivity (Wildman–Crippen MR) is 178 cm³/mol. The zero-order valence-electron chi connectivity index (χ0n) is 25.6. The number of methoxy groups -OCH3 is 1. The number of benzene rings is 2. The predicted octanol–water partition coefficient (Wildman–Crippen LogP) is 6.50. The van der Waals surface area contributed by atoms with Gasteiger partial charge in [0.2, 0.25) is 11.8 Å². The van der Waals surface area contributed by atoms with E-state index in [0.29, 0.717) is 52.8 Å². The molecule has 15 heteroatoms. The highest BCUT2D eigenvalue weighted by Crippen LogP contribution is 2.42. The van der Waals surface area contributed by atoms with E-state index in [1.54, 1.807) is 36.4 Å². The first-order chi connectivity index (χ1) is 22.9. The molecule has 0 spiro atoms. The van der Waals surface area contributed by atoms with Crippen molar-refractivity contribution in [2.75, 3.05) is 19.0 Å². The maximum Gasteiger partial charge on any atom is 0.433 e. The molecule has 0 unspecified atom stereocenters. The third-order valence-electron chi connectivity index (χ3n) is 7.96. The van der Waals surface area contributed by atoms with Gasteiger partial charge in [-0.2, -0.15) is 18.3 Å². The molecule has 2 aromatic carbocycles. The van der Waals surface area contributed by atoms with E-state index in [0.717, 1.165) is 22.7 Å². The number of nitrogens with zero attached hydrogens (tertiary/aromatic N) is 4. The van der Waals surface area contributed by atoms with E-state index < -0.39 is 17.4 Å². The van der Waals surface area contributed by atoms with Crippen LogP contribution in [0, 0.1) is 0 Å². The van der Waals surface area contributed by atoms with Gasteiger partial charge in [0.05, 0.1) is 40.1 Å². The number of carbonyl (C=O) groups is 1. The van der Waals surface area contributed by atoms with Crippen LogP contribution >= 0.6 is 23.2 Å². The smallest absolute Gasteiger partial charge is 0.433 e. The Morgan fingerprint density at radius 2 is 1.75 bits per heavy atom. The van der Waals surface area contributed by atoms with Crippen LogP contribution in [-0.4, -0.2) is 45.4 Å². The van der Waals surface area contributed by atoms with Gasteiger partial charge < -0.3 is 20.7 Å². The van der Waals surface area contributed by atoms with Crippen LogP contribution in [0.2, 0.25) is 10.0 Å².